The molecule has 150 valence electrons. The lowest BCUT2D eigenvalue weighted by Gasteiger charge is -2.35. The smallest absolute Gasteiger partial charge is 0.225 e. The molecular formula is C23H22FNO4. The maximum Gasteiger partial charge on any atom is 0.225 e. The number of hydrogen-bond acceptors (Lipinski definition) is 4. The van der Waals surface area contributed by atoms with Gasteiger partial charge < -0.3 is 14.8 Å². The zero-order chi connectivity index (χ0) is 20.5. The molecular weight excluding hydrogens is 373 g/mol. The monoisotopic (exact) mass is 395 g/mol. The predicted molar refractivity (Wildman–Crippen MR) is 105 cm³/mol. The number of benzene rings is 2. The highest BCUT2D eigenvalue weighted by atomic mass is 19.1. The standard InChI is InChI=1S/C23H22FNO4/c1-28-16-7-8-17(21(11-16)29-2)18-12-22(27)25-19-9-14(10-20(26)23(18)19)13-3-5-15(24)6-4-13/h3-8,11,14,18H,9-10,12H2,1-2H3,(H,25,27). The van der Waals surface area contributed by atoms with E-state index in [1.54, 1.807) is 38.5 Å². The number of carbonyl (C=O) groups excluding carboxylic acids is 2. The maximum atomic E-state index is 13.3. The average molecular weight is 395 g/mol. The Morgan fingerprint density at radius 1 is 0.966 bits per heavy atom. The molecule has 1 N–H and O–H groups in total. The Morgan fingerprint density at radius 3 is 2.41 bits per heavy atom. The van der Waals surface area contributed by atoms with E-state index in [2.05, 4.69) is 5.32 Å². The van der Waals surface area contributed by atoms with Gasteiger partial charge in [0.1, 0.15) is 17.3 Å². The van der Waals surface area contributed by atoms with E-state index in [9.17, 15) is 14.0 Å². The summed E-state index contributed by atoms with van der Waals surface area (Å²) in [5.74, 6) is 0.353. The highest BCUT2D eigenvalue weighted by molar-refractivity contribution is 6.02. The second-order valence-electron chi connectivity index (χ2n) is 7.38. The highest BCUT2D eigenvalue weighted by Gasteiger charge is 2.39. The van der Waals surface area contributed by atoms with Gasteiger partial charge in [0, 0.05) is 41.7 Å². The molecule has 1 aliphatic heterocycles. The van der Waals surface area contributed by atoms with Gasteiger partial charge in [0.25, 0.3) is 0 Å². The Bertz CT molecular complexity index is 996. The zero-order valence-corrected chi connectivity index (χ0v) is 16.3. The fourth-order valence-corrected chi connectivity index (χ4v) is 4.30. The third kappa shape index (κ3) is 3.62. The van der Waals surface area contributed by atoms with Gasteiger partial charge in [-0.25, -0.2) is 4.39 Å². The van der Waals surface area contributed by atoms with Crippen LogP contribution in [-0.2, 0) is 9.59 Å². The Hall–Kier alpha value is -3.15. The summed E-state index contributed by atoms with van der Waals surface area (Å²) < 4.78 is 24.0. The minimum absolute atomic E-state index is 0.00319. The van der Waals surface area contributed by atoms with Crippen LogP contribution in [0.1, 0.15) is 42.2 Å². The van der Waals surface area contributed by atoms with Crippen molar-refractivity contribution in [2.45, 2.75) is 31.1 Å². The van der Waals surface area contributed by atoms with Gasteiger partial charge in [0.05, 0.1) is 14.2 Å². The van der Waals surface area contributed by atoms with Crippen molar-refractivity contribution in [2.24, 2.45) is 0 Å². The van der Waals surface area contributed by atoms with Crippen molar-refractivity contribution in [2.75, 3.05) is 14.2 Å². The van der Waals surface area contributed by atoms with Crippen molar-refractivity contribution in [1.29, 1.82) is 0 Å². The number of rotatable bonds is 4. The summed E-state index contributed by atoms with van der Waals surface area (Å²) in [5, 5.41) is 2.90. The molecule has 6 heteroatoms. The summed E-state index contributed by atoms with van der Waals surface area (Å²) in [6.07, 6.45) is 1.05. The second kappa shape index (κ2) is 7.70. The second-order valence-corrected chi connectivity index (χ2v) is 7.38. The quantitative estimate of drug-likeness (QED) is 0.854. The third-order valence-corrected chi connectivity index (χ3v) is 5.69. The van der Waals surface area contributed by atoms with Crippen molar-refractivity contribution in [3.05, 3.63) is 70.7 Å². The summed E-state index contributed by atoms with van der Waals surface area (Å²) in [6, 6.07) is 11.6. The zero-order valence-electron chi connectivity index (χ0n) is 16.3. The molecule has 2 aromatic carbocycles. The molecule has 0 bridgehead atoms. The lowest BCUT2D eigenvalue weighted by atomic mass is 9.73. The minimum atomic E-state index is -0.360. The number of carbonyl (C=O) groups is 2. The Balaban J connectivity index is 1.73. The summed E-state index contributed by atoms with van der Waals surface area (Å²) >= 11 is 0. The molecule has 2 aliphatic rings. The first kappa shape index (κ1) is 19.2. The molecule has 0 saturated heterocycles. The van der Waals surface area contributed by atoms with Crippen molar-refractivity contribution < 1.29 is 23.5 Å². The van der Waals surface area contributed by atoms with Gasteiger partial charge >= 0.3 is 0 Å². The fourth-order valence-electron chi connectivity index (χ4n) is 4.30. The van der Waals surface area contributed by atoms with Crippen LogP contribution in [-0.4, -0.2) is 25.9 Å². The number of hydrogen-bond donors (Lipinski definition) is 1. The molecule has 2 aromatic rings. The average Bonchev–Trinajstić information content (AvgIpc) is 2.72. The van der Waals surface area contributed by atoms with Crippen LogP contribution in [0.25, 0.3) is 0 Å². The summed E-state index contributed by atoms with van der Waals surface area (Å²) in [4.78, 5) is 25.6. The first-order valence-electron chi connectivity index (χ1n) is 9.53. The van der Waals surface area contributed by atoms with Crippen LogP contribution in [0, 0.1) is 5.82 Å². The molecule has 0 saturated carbocycles. The van der Waals surface area contributed by atoms with Gasteiger partial charge in [-0.1, -0.05) is 18.2 Å². The van der Waals surface area contributed by atoms with Crippen LogP contribution in [0.2, 0.25) is 0 Å². The number of nitrogens with one attached hydrogen (secondary N) is 1. The number of ketones is 1. The van der Waals surface area contributed by atoms with Crippen molar-refractivity contribution in [3.63, 3.8) is 0 Å². The van der Waals surface area contributed by atoms with E-state index in [0.717, 1.165) is 11.1 Å². The van der Waals surface area contributed by atoms with E-state index >= 15 is 0 Å². The molecule has 1 aliphatic carbocycles. The lowest BCUT2D eigenvalue weighted by Crippen LogP contribution is -2.38. The van der Waals surface area contributed by atoms with Gasteiger partial charge in [0.2, 0.25) is 5.91 Å². The van der Waals surface area contributed by atoms with Gasteiger partial charge in [0.15, 0.2) is 5.78 Å². The van der Waals surface area contributed by atoms with Crippen LogP contribution in [0.15, 0.2) is 53.7 Å². The lowest BCUT2D eigenvalue weighted by molar-refractivity contribution is -0.122. The van der Waals surface area contributed by atoms with Gasteiger partial charge in [-0.05, 0) is 36.1 Å². The van der Waals surface area contributed by atoms with Gasteiger partial charge in [-0.15, -0.1) is 0 Å². The normalized spacial score (nSPS) is 21.5. The molecule has 2 atom stereocenters. The van der Waals surface area contributed by atoms with Crippen LogP contribution in [0.3, 0.4) is 0 Å². The van der Waals surface area contributed by atoms with Crippen molar-refractivity contribution in [1.82, 2.24) is 5.32 Å². The summed E-state index contributed by atoms with van der Waals surface area (Å²) in [7, 11) is 3.13. The van der Waals surface area contributed by atoms with E-state index in [4.69, 9.17) is 9.47 Å². The van der Waals surface area contributed by atoms with Crippen molar-refractivity contribution in [3.8, 4) is 11.5 Å². The molecule has 0 fully saturated rings. The minimum Gasteiger partial charge on any atom is -0.497 e. The third-order valence-electron chi connectivity index (χ3n) is 5.69. The highest BCUT2D eigenvalue weighted by Crippen LogP contribution is 2.45. The topological polar surface area (TPSA) is 64.6 Å². The Labute approximate surface area is 168 Å². The number of allylic oxidation sites excluding steroid dienone is 2. The first-order valence-corrected chi connectivity index (χ1v) is 9.53. The molecule has 4 rings (SSSR count). The largest absolute Gasteiger partial charge is 0.497 e. The number of methoxy groups -OCH3 is 2. The van der Waals surface area contributed by atoms with Crippen LogP contribution in [0.5, 0.6) is 11.5 Å². The predicted octanol–water partition coefficient (Wildman–Crippen LogP) is 3.85. The van der Waals surface area contributed by atoms with Crippen LogP contribution < -0.4 is 14.8 Å². The van der Waals surface area contributed by atoms with Crippen LogP contribution >= 0.6 is 0 Å². The van der Waals surface area contributed by atoms with E-state index in [1.807, 2.05) is 6.07 Å². The first-order chi connectivity index (χ1) is 14.0. The van der Waals surface area contributed by atoms with Gasteiger partial charge in [-0.2, -0.15) is 0 Å². The van der Waals surface area contributed by atoms with E-state index in [-0.39, 0.29) is 35.8 Å². The Kier molecular flexibility index (Phi) is 5.09. The van der Waals surface area contributed by atoms with E-state index < -0.39 is 0 Å². The van der Waals surface area contributed by atoms with E-state index in [1.165, 1.54) is 12.1 Å². The summed E-state index contributed by atoms with van der Waals surface area (Å²) in [6.45, 7) is 0. The van der Waals surface area contributed by atoms with Crippen molar-refractivity contribution >= 4 is 11.7 Å². The molecule has 0 aromatic heterocycles. The SMILES string of the molecule is COc1ccc(C2CC(=O)NC3=C2C(=O)CC(c2ccc(F)cc2)C3)c(OC)c1. The molecule has 1 heterocycles. The Morgan fingerprint density at radius 2 is 1.72 bits per heavy atom. The number of amides is 1. The maximum absolute atomic E-state index is 13.3. The number of ether oxygens (including phenoxy) is 2. The fraction of sp³-hybridized carbons (Fsp3) is 0.304. The van der Waals surface area contributed by atoms with Gasteiger partial charge in [-0.3, -0.25) is 9.59 Å². The van der Waals surface area contributed by atoms with E-state index in [0.29, 0.717) is 35.6 Å². The summed E-state index contributed by atoms with van der Waals surface area (Å²) in [5.41, 5.74) is 3.00. The van der Waals surface area contributed by atoms with Crippen LogP contribution in [0.4, 0.5) is 4.39 Å². The molecule has 2 unspecified atom stereocenters. The molecule has 0 spiro atoms. The molecule has 0 radical (unpaired) electrons. The molecule has 5 nitrogen and oxygen atoms in total. The molecule has 1 amide bonds. The number of halogens is 1. The molecule has 29 heavy (non-hydrogen) atoms. The number of Topliss-reactive ketones (excluding diaryl/α,β-unsaturated/α-hetero) is 1.